The van der Waals surface area contributed by atoms with Crippen molar-refractivity contribution in [3.05, 3.63) is 60.7 Å². The van der Waals surface area contributed by atoms with Crippen LogP contribution in [0.4, 0.5) is 0 Å². The lowest BCUT2D eigenvalue weighted by Gasteiger charge is -2.09. The molecule has 0 saturated heterocycles. The van der Waals surface area contributed by atoms with Crippen LogP contribution in [0.25, 0.3) is 32.3 Å². The summed E-state index contributed by atoms with van der Waals surface area (Å²) in [5.74, 6) is 0. The number of rotatable bonds is 0. The Morgan fingerprint density at radius 3 is 1.20 bits per heavy atom. The zero-order valence-electron chi connectivity index (χ0n) is 11.1. The van der Waals surface area contributed by atoms with Gasteiger partial charge in [-0.2, -0.15) is 0 Å². The minimum absolute atomic E-state index is 0.0208. The molecule has 2 heteroatoms. The molecule has 0 fully saturated rings. The minimum Gasteiger partial charge on any atom is -0.287 e. The molecule has 98 valence electrons. The first-order valence-corrected chi connectivity index (χ1v) is 7.25. The highest BCUT2D eigenvalue weighted by molar-refractivity contribution is 9.18. The summed E-state index contributed by atoms with van der Waals surface area (Å²) >= 11 is 2.63. The number of benzene rings is 4. The van der Waals surface area contributed by atoms with Crippen molar-refractivity contribution >= 4 is 52.9 Å². The second-order valence-electron chi connectivity index (χ2n) is 4.76. The van der Waals surface area contributed by atoms with Gasteiger partial charge in [0, 0.05) is 6.92 Å². The van der Waals surface area contributed by atoms with Crippen LogP contribution in [-0.4, -0.2) is 4.69 Å². The average Bonchev–Trinajstić information content (AvgIpc) is 2.44. The summed E-state index contributed by atoms with van der Waals surface area (Å²) in [7, 11) is 0. The van der Waals surface area contributed by atoms with Crippen LogP contribution in [0, 0.1) is 0 Å². The van der Waals surface area contributed by atoms with Gasteiger partial charge in [0.05, 0.1) is 0 Å². The standard InChI is InChI=1S/C16H10.C2H3BrO/c1-3-11-7-9-13-5-2-6-14-10-8-12(4-1)15(11)16(13)14;1-2(3)4/h1-10H;1H3. The molecule has 0 heterocycles. The van der Waals surface area contributed by atoms with Crippen molar-refractivity contribution in [1.82, 2.24) is 0 Å². The van der Waals surface area contributed by atoms with E-state index in [1.807, 2.05) is 0 Å². The molecule has 0 N–H and O–H groups in total. The molecule has 0 bridgehead atoms. The first-order chi connectivity index (χ1) is 9.66. The largest absolute Gasteiger partial charge is 0.287 e. The van der Waals surface area contributed by atoms with Crippen LogP contribution >= 0.6 is 15.9 Å². The lowest BCUT2D eigenvalue weighted by molar-refractivity contribution is -0.108. The number of hydrogen-bond acceptors (Lipinski definition) is 1. The van der Waals surface area contributed by atoms with E-state index in [-0.39, 0.29) is 4.69 Å². The Morgan fingerprint density at radius 1 is 0.700 bits per heavy atom. The third kappa shape index (κ3) is 2.27. The Bertz CT molecular complexity index is 762. The third-order valence-corrected chi connectivity index (χ3v) is 3.39. The molecule has 4 aromatic carbocycles. The van der Waals surface area contributed by atoms with Crippen molar-refractivity contribution in [3.8, 4) is 0 Å². The van der Waals surface area contributed by atoms with E-state index in [2.05, 4.69) is 76.6 Å². The van der Waals surface area contributed by atoms with Gasteiger partial charge in [0.1, 0.15) is 0 Å². The van der Waals surface area contributed by atoms with Gasteiger partial charge in [-0.15, -0.1) is 0 Å². The summed E-state index contributed by atoms with van der Waals surface area (Å²) in [6.45, 7) is 1.44. The molecular formula is C18H13BrO. The normalized spacial score (nSPS) is 10.7. The van der Waals surface area contributed by atoms with E-state index in [9.17, 15) is 4.79 Å². The van der Waals surface area contributed by atoms with Gasteiger partial charge < -0.3 is 0 Å². The summed E-state index contributed by atoms with van der Waals surface area (Å²) in [5.41, 5.74) is 0. The number of halogens is 1. The van der Waals surface area contributed by atoms with Crippen LogP contribution in [-0.2, 0) is 4.79 Å². The average molecular weight is 325 g/mol. The van der Waals surface area contributed by atoms with Crippen LogP contribution in [0.5, 0.6) is 0 Å². The summed E-state index contributed by atoms with van der Waals surface area (Å²) in [6.07, 6.45) is 0. The van der Waals surface area contributed by atoms with Crippen molar-refractivity contribution in [2.24, 2.45) is 0 Å². The maximum absolute atomic E-state index is 9.36. The van der Waals surface area contributed by atoms with E-state index in [0.717, 1.165) is 0 Å². The Labute approximate surface area is 125 Å². The molecule has 0 atom stereocenters. The first-order valence-electron chi connectivity index (χ1n) is 6.45. The quantitative estimate of drug-likeness (QED) is 0.308. The first kappa shape index (κ1) is 13.1. The fraction of sp³-hybridized carbons (Fsp3) is 0.0556. The van der Waals surface area contributed by atoms with Gasteiger partial charge in [0.15, 0.2) is 4.69 Å². The van der Waals surface area contributed by atoms with Crippen molar-refractivity contribution in [2.75, 3.05) is 0 Å². The molecule has 0 aliphatic heterocycles. The highest BCUT2D eigenvalue weighted by Gasteiger charge is 2.05. The molecule has 0 aliphatic rings. The lowest BCUT2D eigenvalue weighted by Crippen LogP contribution is -1.82. The van der Waals surface area contributed by atoms with Crippen LogP contribution in [0.1, 0.15) is 6.92 Å². The fourth-order valence-electron chi connectivity index (χ4n) is 2.67. The van der Waals surface area contributed by atoms with E-state index in [1.54, 1.807) is 0 Å². The van der Waals surface area contributed by atoms with Crippen molar-refractivity contribution in [2.45, 2.75) is 6.92 Å². The van der Waals surface area contributed by atoms with Gasteiger partial charge in [-0.05, 0) is 48.2 Å². The summed E-state index contributed by atoms with van der Waals surface area (Å²) in [4.78, 5) is 9.36. The lowest BCUT2D eigenvalue weighted by atomic mass is 9.95. The number of hydrogen-bond donors (Lipinski definition) is 0. The Morgan fingerprint density at radius 2 is 0.950 bits per heavy atom. The van der Waals surface area contributed by atoms with Gasteiger partial charge in [-0.1, -0.05) is 60.7 Å². The summed E-state index contributed by atoms with van der Waals surface area (Å²) in [5, 5.41) is 8.14. The maximum atomic E-state index is 9.36. The third-order valence-electron chi connectivity index (χ3n) is 3.39. The Balaban J connectivity index is 0.000000272. The summed E-state index contributed by atoms with van der Waals surface area (Å²) < 4.78 is -0.0208. The minimum atomic E-state index is -0.0208. The van der Waals surface area contributed by atoms with Gasteiger partial charge in [-0.3, -0.25) is 4.79 Å². The molecule has 0 radical (unpaired) electrons. The molecule has 0 amide bonds. The smallest absolute Gasteiger partial charge is 0.194 e. The van der Waals surface area contributed by atoms with E-state index in [1.165, 1.54) is 39.2 Å². The molecular weight excluding hydrogens is 312 g/mol. The predicted octanol–water partition coefficient (Wildman–Crippen LogP) is 5.51. The van der Waals surface area contributed by atoms with E-state index >= 15 is 0 Å². The highest BCUT2D eigenvalue weighted by atomic mass is 79.9. The molecule has 0 saturated carbocycles. The highest BCUT2D eigenvalue weighted by Crippen LogP contribution is 2.33. The molecule has 20 heavy (non-hydrogen) atoms. The Hall–Kier alpha value is -1.93. The molecule has 0 aliphatic carbocycles. The van der Waals surface area contributed by atoms with E-state index < -0.39 is 0 Å². The monoisotopic (exact) mass is 324 g/mol. The van der Waals surface area contributed by atoms with Crippen molar-refractivity contribution < 1.29 is 4.79 Å². The number of carbonyl (C=O) groups is 1. The molecule has 1 nitrogen and oxygen atoms in total. The van der Waals surface area contributed by atoms with Gasteiger partial charge in [0.2, 0.25) is 0 Å². The van der Waals surface area contributed by atoms with E-state index in [0.29, 0.717) is 0 Å². The van der Waals surface area contributed by atoms with Gasteiger partial charge >= 0.3 is 0 Å². The second kappa shape index (κ2) is 5.22. The molecule has 0 unspecified atom stereocenters. The van der Waals surface area contributed by atoms with Gasteiger partial charge in [-0.25, -0.2) is 0 Å². The van der Waals surface area contributed by atoms with Crippen LogP contribution in [0.2, 0.25) is 0 Å². The fourth-order valence-corrected chi connectivity index (χ4v) is 2.67. The predicted molar refractivity (Wildman–Crippen MR) is 89.8 cm³/mol. The molecule has 4 rings (SSSR count). The topological polar surface area (TPSA) is 17.1 Å². The molecule has 4 aromatic rings. The SMILES string of the molecule is CC(=O)Br.c1cc2ccc3cccc4ccc(c1)c2c34. The summed E-state index contributed by atoms with van der Waals surface area (Å²) in [6, 6.07) is 21.9. The molecule has 0 spiro atoms. The zero-order valence-corrected chi connectivity index (χ0v) is 12.6. The maximum Gasteiger partial charge on any atom is 0.194 e. The second-order valence-corrected chi connectivity index (χ2v) is 5.88. The van der Waals surface area contributed by atoms with Crippen LogP contribution in [0.3, 0.4) is 0 Å². The van der Waals surface area contributed by atoms with E-state index in [4.69, 9.17) is 0 Å². The molecule has 0 aromatic heterocycles. The van der Waals surface area contributed by atoms with Crippen LogP contribution < -0.4 is 0 Å². The van der Waals surface area contributed by atoms with Crippen molar-refractivity contribution in [3.63, 3.8) is 0 Å². The van der Waals surface area contributed by atoms with Crippen molar-refractivity contribution in [1.29, 1.82) is 0 Å². The Kier molecular flexibility index (Phi) is 3.41. The van der Waals surface area contributed by atoms with Gasteiger partial charge in [0.25, 0.3) is 0 Å². The zero-order chi connectivity index (χ0) is 14.1. The number of carbonyl (C=O) groups excluding carboxylic acids is 1. The van der Waals surface area contributed by atoms with Crippen LogP contribution in [0.15, 0.2) is 60.7 Å².